The topological polar surface area (TPSA) is 26.3 Å². The fourth-order valence-corrected chi connectivity index (χ4v) is 4.30. The number of hydrogen-bond acceptors (Lipinski definition) is 2. The zero-order valence-corrected chi connectivity index (χ0v) is 16.5. The van der Waals surface area contributed by atoms with Crippen LogP contribution in [-0.2, 0) is 0 Å². The van der Waals surface area contributed by atoms with E-state index in [0.29, 0.717) is 16.7 Å². The Morgan fingerprint density at radius 2 is 1.76 bits per heavy atom. The normalized spacial score (nSPS) is 19.3. The molecule has 0 atom stereocenters. The van der Waals surface area contributed by atoms with E-state index in [1.807, 2.05) is 6.07 Å². The van der Waals surface area contributed by atoms with Crippen LogP contribution in [0.15, 0.2) is 54.6 Å². The zero-order chi connectivity index (χ0) is 20.4. The molecule has 4 heteroatoms. The lowest BCUT2D eigenvalue weighted by Gasteiger charge is -2.28. The third kappa shape index (κ3) is 4.16. The highest BCUT2D eigenvalue weighted by molar-refractivity contribution is 5.92. The van der Waals surface area contributed by atoms with Crippen molar-refractivity contribution in [1.82, 2.24) is 0 Å². The SMILES string of the molecule is CCC1CCC(c2ccc(C(=O)Oc3ccc4c(F)cccc4c3)c(F)c2)CC1. The number of benzene rings is 3. The average molecular weight is 394 g/mol. The molecule has 0 amide bonds. The molecule has 0 radical (unpaired) electrons. The fraction of sp³-hybridized carbons (Fsp3) is 0.320. The Hall–Kier alpha value is -2.75. The number of halogens is 2. The molecular weight excluding hydrogens is 370 g/mol. The summed E-state index contributed by atoms with van der Waals surface area (Å²) in [5, 5.41) is 1.06. The van der Waals surface area contributed by atoms with Gasteiger partial charge in [-0.15, -0.1) is 0 Å². The highest BCUT2D eigenvalue weighted by Gasteiger charge is 2.23. The number of fused-ring (bicyclic) bond motifs is 1. The Bertz CT molecular complexity index is 1040. The zero-order valence-electron chi connectivity index (χ0n) is 16.5. The molecule has 1 aliphatic rings. The van der Waals surface area contributed by atoms with Crippen molar-refractivity contribution < 1.29 is 18.3 Å². The standard InChI is InChI=1S/C25H24F2O2/c1-2-16-6-8-17(9-7-16)18-10-12-22(24(27)15-18)25(28)29-20-11-13-21-19(14-20)4-3-5-23(21)26/h3-5,10-17H,2,6-9H2,1H3. The first-order valence-electron chi connectivity index (χ1n) is 10.2. The first kappa shape index (κ1) is 19.6. The van der Waals surface area contributed by atoms with Gasteiger partial charge in [0.2, 0.25) is 0 Å². The molecule has 0 unspecified atom stereocenters. The van der Waals surface area contributed by atoms with Crippen LogP contribution in [0.4, 0.5) is 8.78 Å². The molecule has 2 nitrogen and oxygen atoms in total. The highest BCUT2D eigenvalue weighted by Crippen LogP contribution is 2.37. The van der Waals surface area contributed by atoms with Gasteiger partial charge in [-0.3, -0.25) is 0 Å². The van der Waals surface area contributed by atoms with Crippen molar-refractivity contribution in [2.24, 2.45) is 5.92 Å². The summed E-state index contributed by atoms with van der Waals surface area (Å²) in [6.45, 7) is 2.22. The lowest BCUT2D eigenvalue weighted by atomic mass is 9.78. The maximum Gasteiger partial charge on any atom is 0.346 e. The number of carbonyl (C=O) groups excluding carboxylic acids is 1. The Balaban J connectivity index is 1.49. The van der Waals surface area contributed by atoms with Crippen LogP contribution >= 0.6 is 0 Å². The van der Waals surface area contributed by atoms with Gasteiger partial charge in [0.05, 0.1) is 5.56 Å². The first-order chi connectivity index (χ1) is 14.0. The molecule has 0 N–H and O–H groups in total. The van der Waals surface area contributed by atoms with Crippen molar-refractivity contribution in [3.8, 4) is 5.75 Å². The molecule has 0 saturated heterocycles. The lowest BCUT2D eigenvalue weighted by Crippen LogP contribution is -2.14. The van der Waals surface area contributed by atoms with Crippen LogP contribution in [-0.4, -0.2) is 5.97 Å². The van der Waals surface area contributed by atoms with E-state index < -0.39 is 11.8 Å². The number of esters is 1. The molecule has 0 aliphatic heterocycles. The maximum absolute atomic E-state index is 14.7. The monoisotopic (exact) mass is 394 g/mol. The van der Waals surface area contributed by atoms with Gasteiger partial charge in [0.15, 0.2) is 0 Å². The van der Waals surface area contributed by atoms with E-state index in [-0.39, 0.29) is 17.1 Å². The second-order valence-corrected chi connectivity index (χ2v) is 7.88. The number of rotatable bonds is 4. The molecule has 4 rings (SSSR count). The van der Waals surface area contributed by atoms with E-state index in [1.54, 1.807) is 24.3 Å². The predicted octanol–water partition coefficient (Wildman–Crippen LogP) is 7.02. The summed E-state index contributed by atoms with van der Waals surface area (Å²) in [6.07, 6.45) is 5.68. The number of hydrogen-bond donors (Lipinski definition) is 0. The average Bonchev–Trinajstić information content (AvgIpc) is 2.73. The van der Waals surface area contributed by atoms with Gasteiger partial charge >= 0.3 is 5.97 Å². The molecule has 1 aliphatic carbocycles. The van der Waals surface area contributed by atoms with Crippen LogP contribution < -0.4 is 4.74 Å². The Morgan fingerprint density at radius 3 is 2.48 bits per heavy atom. The predicted molar refractivity (Wildman–Crippen MR) is 110 cm³/mol. The third-order valence-electron chi connectivity index (χ3n) is 6.12. The van der Waals surface area contributed by atoms with Crippen LogP contribution in [0.1, 0.15) is 60.9 Å². The van der Waals surface area contributed by atoms with Gasteiger partial charge in [0, 0.05) is 5.39 Å². The summed E-state index contributed by atoms with van der Waals surface area (Å²) in [4.78, 5) is 12.5. The minimum Gasteiger partial charge on any atom is -0.423 e. The maximum atomic E-state index is 14.7. The van der Waals surface area contributed by atoms with Gasteiger partial charge < -0.3 is 4.74 Å². The molecule has 0 spiro atoms. The Morgan fingerprint density at radius 1 is 0.966 bits per heavy atom. The fourth-order valence-electron chi connectivity index (χ4n) is 4.30. The molecule has 1 saturated carbocycles. The van der Waals surface area contributed by atoms with Crippen molar-refractivity contribution in [3.05, 3.63) is 77.4 Å². The van der Waals surface area contributed by atoms with E-state index in [2.05, 4.69) is 6.92 Å². The summed E-state index contributed by atoms with van der Waals surface area (Å²) in [5.41, 5.74) is 0.866. The summed E-state index contributed by atoms with van der Waals surface area (Å²) < 4.78 is 33.8. The first-order valence-corrected chi connectivity index (χ1v) is 10.2. The second-order valence-electron chi connectivity index (χ2n) is 7.88. The Kier molecular flexibility index (Phi) is 5.61. The van der Waals surface area contributed by atoms with Crippen LogP contribution in [0.25, 0.3) is 10.8 Å². The molecular formula is C25H24F2O2. The summed E-state index contributed by atoms with van der Waals surface area (Å²) in [7, 11) is 0. The highest BCUT2D eigenvalue weighted by atomic mass is 19.1. The minimum atomic E-state index is -0.750. The number of ether oxygens (including phenoxy) is 1. The third-order valence-corrected chi connectivity index (χ3v) is 6.12. The van der Waals surface area contributed by atoms with Crippen LogP contribution in [0.2, 0.25) is 0 Å². The smallest absolute Gasteiger partial charge is 0.346 e. The molecule has 0 aromatic heterocycles. The van der Waals surface area contributed by atoms with Crippen molar-refractivity contribution in [2.75, 3.05) is 0 Å². The second kappa shape index (κ2) is 8.32. The van der Waals surface area contributed by atoms with Gasteiger partial charge in [-0.2, -0.15) is 0 Å². The van der Waals surface area contributed by atoms with Crippen LogP contribution in [0, 0.1) is 17.6 Å². The summed E-state index contributed by atoms with van der Waals surface area (Å²) in [6, 6.07) is 14.2. The molecule has 29 heavy (non-hydrogen) atoms. The van der Waals surface area contributed by atoms with Gasteiger partial charge in [-0.25, -0.2) is 13.6 Å². The molecule has 150 valence electrons. The van der Waals surface area contributed by atoms with Gasteiger partial charge in [-0.05, 0) is 84.9 Å². The molecule has 3 aromatic carbocycles. The largest absolute Gasteiger partial charge is 0.423 e. The van der Waals surface area contributed by atoms with Crippen LogP contribution in [0.3, 0.4) is 0 Å². The summed E-state index contributed by atoms with van der Waals surface area (Å²) in [5.74, 6) is -0.255. The van der Waals surface area contributed by atoms with Crippen molar-refractivity contribution in [1.29, 1.82) is 0 Å². The molecule has 1 fully saturated rings. The van der Waals surface area contributed by atoms with Crippen molar-refractivity contribution >= 4 is 16.7 Å². The van der Waals surface area contributed by atoms with E-state index in [1.165, 1.54) is 43.5 Å². The quantitative estimate of drug-likeness (QED) is 0.351. The van der Waals surface area contributed by atoms with E-state index in [9.17, 15) is 13.6 Å². The van der Waals surface area contributed by atoms with Gasteiger partial charge in [0.25, 0.3) is 0 Å². The minimum absolute atomic E-state index is 0.0877. The molecule has 3 aromatic rings. The van der Waals surface area contributed by atoms with Crippen molar-refractivity contribution in [2.45, 2.75) is 44.9 Å². The van der Waals surface area contributed by atoms with Gasteiger partial charge in [0.1, 0.15) is 17.4 Å². The Labute approximate surface area is 169 Å². The summed E-state index contributed by atoms with van der Waals surface area (Å²) >= 11 is 0. The lowest BCUT2D eigenvalue weighted by molar-refractivity contribution is 0.0730. The van der Waals surface area contributed by atoms with Crippen LogP contribution in [0.5, 0.6) is 5.75 Å². The van der Waals surface area contributed by atoms with E-state index in [0.717, 1.165) is 24.3 Å². The molecule has 0 bridgehead atoms. The van der Waals surface area contributed by atoms with E-state index >= 15 is 0 Å². The molecule has 0 heterocycles. The van der Waals surface area contributed by atoms with E-state index in [4.69, 9.17) is 4.74 Å². The number of carbonyl (C=O) groups is 1. The van der Waals surface area contributed by atoms with Crippen molar-refractivity contribution in [3.63, 3.8) is 0 Å². The van der Waals surface area contributed by atoms with Gasteiger partial charge in [-0.1, -0.05) is 31.5 Å².